The van der Waals surface area contributed by atoms with Gasteiger partial charge in [-0.1, -0.05) is 118 Å². The molecule has 0 fully saturated rings. The molecule has 2 aromatic carbocycles. The first kappa shape index (κ1) is 37.9. The van der Waals surface area contributed by atoms with Crippen molar-refractivity contribution < 1.29 is 28.3 Å². The van der Waals surface area contributed by atoms with E-state index in [4.69, 9.17) is 18.1 Å². The van der Waals surface area contributed by atoms with Crippen molar-refractivity contribution in [2.24, 2.45) is 5.41 Å². The Bertz CT molecular complexity index is 1050. The zero-order chi connectivity index (χ0) is 33.0. The van der Waals surface area contributed by atoms with E-state index in [0.717, 1.165) is 33.8 Å². The molecule has 2 N–H and O–H groups in total. The highest BCUT2D eigenvalue weighted by Gasteiger charge is 2.33. The van der Waals surface area contributed by atoms with E-state index in [2.05, 4.69) is 121 Å². The summed E-state index contributed by atoms with van der Waals surface area (Å²) in [6.45, 7) is 29.9. The molecule has 0 aliphatic carbocycles. The molecule has 8 heteroatoms. The van der Waals surface area contributed by atoms with Crippen molar-refractivity contribution in [1.82, 2.24) is 0 Å². The van der Waals surface area contributed by atoms with Crippen molar-refractivity contribution in [2.45, 2.75) is 119 Å². The van der Waals surface area contributed by atoms with Crippen LogP contribution in [0.5, 0.6) is 11.5 Å². The molecule has 0 radical (unpaired) electrons. The fourth-order valence-corrected chi connectivity index (χ4v) is 6.23. The number of aliphatic hydroxyl groups is 2. The van der Waals surface area contributed by atoms with Gasteiger partial charge in [-0.3, -0.25) is 0 Å². The minimum atomic E-state index is -0.993. The summed E-state index contributed by atoms with van der Waals surface area (Å²) < 4.78 is 24.6. The van der Waals surface area contributed by atoms with Crippen molar-refractivity contribution in [2.75, 3.05) is 26.4 Å². The van der Waals surface area contributed by atoms with Gasteiger partial charge in [0.05, 0.1) is 31.8 Å². The molecule has 0 saturated heterocycles. The lowest BCUT2D eigenvalue weighted by atomic mass is 9.78. The van der Waals surface area contributed by atoms with Crippen LogP contribution in [0.3, 0.4) is 0 Å². The molecule has 6 nitrogen and oxygen atoms in total. The standard InChI is InChI=1S/C35H58O6P2/c1-23-15-25(31(3,4)5)29(26(16-23)32(6,7)8)40-42-38-21-35(19-36,20-37)22-39-43-41-30-27(33(9,10)11)17-24(2)18-28(30)34(12,13)14/h15-18,36-37,42-43H,19-22H2,1-14H3. The minimum Gasteiger partial charge on any atom is -0.449 e. The minimum absolute atomic E-state index is 0.0789. The summed E-state index contributed by atoms with van der Waals surface area (Å²) in [5.74, 6) is 1.69. The van der Waals surface area contributed by atoms with E-state index in [1.807, 2.05) is 0 Å². The van der Waals surface area contributed by atoms with E-state index in [1.54, 1.807) is 0 Å². The van der Waals surface area contributed by atoms with Crippen LogP contribution >= 0.6 is 18.1 Å². The Morgan fingerprint density at radius 1 is 0.512 bits per heavy atom. The van der Waals surface area contributed by atoms with Gasteiger partial charge in [0, 0.05) is 22.3 Å². The second-order valence-electron chi connectivity index (χ2n) is 16.1. The lowest BCUT2D eigenvalue weighted by molar-refractivity contribution is -0.0146. The molecule has 0 aliphatic heterocycles. The fraction of sp³-hybridized carbons (Fsp3) is 0.657. The van der Waals surface area contributed by atoms with Crippen molar-refractivity contribution in [1.29, 1.82) is 0 Å². The number of rotatable bonds is 12. The summed E-state index contributed by atoms with van der Waals surface area (Å²) in [6, 6.07) is 8.72. The predicted molar refractivity (Wildman–Crippen MR) is 184 cm³/mol. The van der Waals surface area contributed by atoms with E-state index in [-0.39, 0.29) is 66.2 Å². The molecule has 244 valence electrons. The maximum Gasteiger partial charge on any atom is 0.215 e. The van der Waals surface area contributed by atoms with Gasteiger partial charge in [-0.05, 0) is 35.5 Å². The van der Waals surface area contributed by atoms with Crippen LogP contribution in [-0.2, 0) is 30.7 Å². The summed E-state index contributed by atoms with van der Waals surface area (Å²) in [5, 5.41) is 20.6. The Morgan fingerprint density at radius 3 is 0.977 bits per heavy atom. The summed E-state index contributed by atoms with van der Waals surface area (Å²) in [7, 11) is -0.609. The van der Waals surface area contributed by atoms with Gasteiger partial charge in [0.15, 0.2) is 0 Å². The van der Waals surface area contributed by atoms with Gasteiger partial charge in [0.2, 0.25) is 18.1 Å². The zero-order valence-electron chi connectivity index (χ0n) is 29.2. The predicted octanol–water partition coefficient (Wildman–Crippen LogP) is 8.97. The Kier molecular flexibility index (Phi) is 12.7. The molecule has 2 aromatic rings. The third-order valence-electron chi connectivity index (χ3n) is 7.53. The van der Waals surface area contributed by atoms with Crippen LogP contribution in [0, 0.1) is 19.3 Å². The first-order valence-corrected chi connectivity index (χ1v) is 16.8. The molecule has 0 aromatic heterocycles. The maximum atomic E-state index is 10.3. The quantitative estimate of drug-likeness (QED) is 0.179. The van der Waals surface area contributed by atoms with Crippen LogP contribution < -0.4 is 9.05 Å². The first-order chi connectivity index (χ1) is 19.6. The summed E-state index contributed by atoms with van der Waals surface area (Å²) >= 11 is 0. The SMILES string of the molecule is Cc1cc(C(C)(C)C)c(OPOCC(CO)(CO)COPOc2c(C(C)(C)C)cc(C)cc2C(C)(C)C)c(C(C)(C)C)c1. The van der Waals surface area contributed by atoms with Crippen LogP contribution in [0.2, 0.25) is 0 Å². The van der Waals surface area contributed by atoms with E-state index in [0.29, 0.717) is 0 Å². The summed E-state index contributed by atoms with van der Waals surface area (Å²) in [5.41, 5.74) is 5.47. The highest BCUT2D eigenvalue weighted by molar-refractivity contribution is 7.27. The zero-order valence-corrected chi connectivity index (χ0v) is 31.2. The van der Waals surface area contributed by atoms with E-state index >= 15 is 0 Å². The Labute approximate surface area is 265 Å². The third-order valence-corrected chi connectivity index (χ3v) is 8.63. The third kappa shape index (κ3) is 10.4. The fourth-order valence-electron chi connectivity index (χ4n) is 4.78. The number of aliphatic hydroxyl groups excluding tert-OH is 2. The molecule has 0 bridgehead atoms. The van der Waals surface area contributed by atoms with Crippen LogP contribution in [-0.4, -0.2) is 36.6 Å². The first-order valence-electron chi connectivity index (χ1n) is 15.2. The monoisotopic (exact) mass is 636 g/mol. The normalized spacial score (nSPS) is 14.0. The molecule has 43 heavy (non-hydrogen) atoms. The highest BCUT2D eigenvalue weighted by atomic mass is 31.1. The van der Waals surface area contributed by atoms with Crippen molar-refractivity contribution in [3.63, 3.8) is 0 Å². The maximum absolute atomic E-state index is 10.3. The van der Waals surface area contributed by atoms with Gasteiger partial charge >= 0.3 is 0 Å². The molecule has 0 saturated carbocycles. The van der Waals surface area contributed by atoms with E-state index in [1.165, 1.54) is 11.1 Å². The molecule has 0 amide bonds. The van der Waals surface area contributed by atoms with E-state index in [9.17, 15) is 10.2 Å². The van der Waals surface area contributed by atoms with Crippen molar-refractivity contribution >= 4 is 18.1 Å². The number of aryl methyl sites for hydroxylation is 2. The van der Waals surface area contributed by atoms with Gasteiger partial charge in [-0.25, -0.2) is 0 Å². The lowest BCUT2D eigenvalue weighted by Gasteiger charge is -2.32. The van der Waals surface area contributed by atoms with Gasteiger partial charge in [-0.2, -0.15) is 0 Å². The smallest absolute Gasteiger partial charge is 0.215 e. The number of hydrogen-bond donors (Lipinski definition) is 2. The molecule has 0 heterocycles. The van der Waals surface area contributed by atoms with Gasteiger partial charge in [0.25, 0.3) is 0 Å². The van der Waals surface area contributed by atoms with Gasteiger partial charge in [-0.15, -0.1) is 0 Å². The van der Waals surface area contributed by atoms with Crippen molar-refractivity contribution in [3.05, 3.63) is 57.6 Å². The van der Waals surface area contributed by atoms with Crippen LogP contribution in [0.25, 0.3) is 0 Å². The second kappa shape index (κ2) is 14.4. The molecule has 2 atom stereocenters. The largest absolute Gasteiger partial charge is 0.449 e. The van der Waals surface area contributed by atoms with Crippen LogP contribution in [0.4, 0.5) is 0 Å². The number of hydrogen-bond acceptors (Lipinski definition) is 6. The molecular weight excluding hydrogens is 578 g/mol. The molecule has 0 aliphatic rings. The molecule has 2 unspecified atom stereocenters. The number of benzene rings is 2. The summed E-state index contributed by atoms with van der Waals surface area (Å²) in [6.07, 6.45) is 0. The molecular formula is C35H58O6P2. The van der Waals surface area contributed by atoms with Crippen LogP contribution in [0.15, 0.2) is 24.3 Å². The van der Waals surface area contributed by atoms with Gasteiger partial charge in [0.1, 0.15) is 11.5 Å². The average Bonchev–Trinajstić information content (AvgIpc) is 2.86. The average molecular weight is 637 g/mol. The van der Waals surface area contributed by atoms with Crippen LogP contribution in [0.1, 0.15) is 116 Å². The van der Waals surface area contributed by atoms with Gasteiger partial charge < -0.3 is 28.3 Å². The molecule has 0 spiro atoms. The molecule has 2 rings (SSSR count). The Balaban J connectivity index is 2.15. The van der Waals surface area contributed by atoms with E-state index < -0.39 is 5.41 Å². The Morgan fingerprint density at radius 2 is 0.767 bits per heavy atom. The second-order valence-corrected chi connectivity index (χ2v) is 17.5. The van der Waals surface area contributed by atoms with Crippen molar-refractivity contribution in [3.8, 4) is 11.5 Å². The lowest BCUT2D eigenvalue weighted by Crippen LogP contribution is -2.38. The highest BCUT2D eigenvalue weighted by Crippen LogP contribution is 2.45. The summed E-state index contributed by atoms with van der Waals surface area (Å²) in [4.78, 5) is 0. The Hall–Kier alpha value is -1.26. The topological polar surface area (TPSA) is 77.4 Å².